The highest BCUT2D eigenvalue weighted by Gasteiger charge is 2.22. The summed E-state index contributed by atoms with van der Waals surface area (Å²) in [5.74, 6) is -1.44. The lowest BCUT2D eigenvalue weighted by Gasteiger charge is -2.27. The van der Waals surface area contributed by atoms with Crippen molar-refractivity contribution in [3.05, 3.63) is 62.5 Å². The number of pyridine rings is 1. The number of anilines is 1. The van der Waals surface area contributed by atoms with Crippen molar-refractivity contribution < 1.29 is 8.78 Å². The summed E-state index contributed by atoms with van der Waals surface area (Å²) >= 11 is 5.91. The van der Waals surface area contributed by atoms with Gasteiger partial charge >= 0.3 is 0 Å². The molecule has 1 unspecified atom stereocenters. The summed E-state index contributed by atoms with van der Waals surface area (Å²) in [5.41, 5.74) is 1.70. The Kier molecular flexibility index (Phi) is 3.68. The maximum absolute atomic E-state index is 13.9. The third-order valence-electron chi connectivity index (χ3n) is 3.66. The van der Waals surface area contributed by atoms with Gasteiger partial charge in [-0.15, -0.1) is 0 Å². The SMILES string of the molecule is O=c1ccc2c([nH]1)CCCC2Nc1c(F)cc(F)cc1Cl. The Morgan fingerprint density at radius 1 is 1.29 bits per heavy atom. The van der Waals surface area contributed by atoms with Crippen LogP contribution < -0.4 is 10.9 Å². The molecule has 1 aromatic heterocycles. The summed E-state index contributed by atoms with van der Waals surface area (Å²) in [6.07, 6.45) is 2.43. The Bertz CT molecular complexity index is 722. The van der Waals surface area contributed by atoms with Gasteiger partial charge in [0.1, 0.15) is 5.82 Å². The molecule has 6 heteroatoms. The third-order valence-corrected chi connectivity index (χ3v) is 3.96. The fraction of sp³-hybridized carbons (Fsp3) is 0.267. The van der Waals surface area contributed by atoms with Gasteiger partial charge < -0.3 is 10.3 Å². The normalized spacial score (nSPS) is 17.4. The van der Waals surface area contributed by atoms with Gasteiger partial charge in [0.2, 0.25) is 5.56 Å². The molecule has 0 amide bonds. The number of aromatic nitrogens is 1. The van der Waals surface area contributed by atoms with Crippen molar-refractivity contribution in [2.45, 2.75) is 25.3 Å². The molecule has 0 spiro atoms. The number of aromatic amines is 1. The van der Waals surface area contributed by atoms with Gasteiger partial charge in [-0.25, -0.2) is 8.78 Å². The van der Waals surface area contributed by atoms with E-state index in [1.807, 2.05) is 0 Å². The summed E-state index contributed by atoms with van der Waals surface area (Å²) in [7, 11) is 0. The molecule has 1 aliphatic rings. The quantitative estimate of drug-likeness (QED) is 0.886. The van der Waals surface area contributed by atoms with Crippen LogP contribution >= 0.6 is 11.6 Å². The molecule has 0 saturated heterocycles. The van der Waals surface area contributed by atoms with Crippen LogP contribution in [-0.2, 0) is 6.42 Å². The lowest BCUT2D eigenvalue weighted by atomic mass is 9.91. The van der Waals surface area contributed by atoms with E-state index < -0.39 is 11.6 Å². The van der Waals surface area contributed by atoms with Gasteiger partial charge in [0.15, 0.2) is 5.82 Å². The fourth-order valence-corrected chi connectivity index (χ4v) is 2.95. The highest BCUT2D eigenvalue weighted by molar-refractivity contribution is 6.33. The lowest BCUT2D eigenvalue weighted by molar-refractivity contribution is 0.566. The first kappa shape index (κ1) is 14.1. The zero-order valence-electron chi connectivity index (χ0n) is 11.1. The van der Waals surface area contributed by atoms with E-state index in [-0.39, 0.29) is 22.3 Å². The average Bonchev–Trinajstić information content (AvgIpc) is 2.42. The van der Waals surface area contributed by atoms with Crippen LogP contribution in [0.2, 0.25) is 5.02 Å². The molecule has 1 heterocycles. The van der Waals surface area contributed by atoms with Crippen LogP contribution in [0.5, 0.6) is 0 Å². The monoisotopic (exact) mass is 310 g/mol. The smallest absolute Gasteiger partial charge is 0.248 e. The first-order chi connectivity index (χ1) is 10.0. The number of hydrogen-bond donors (Lipinski definition) is 2. The Hall–Kier alpha value is -1.88. The van der Waals surface area contributed by atoms with Crippen molar-refractivity contribution in [3.8, 4) is 0 Å². The minimum absolute atomic E-state index is 0.00375. The number of nitrogens with one attached hydrogen (secondary N) is 2. The highest BCUT2D eigenvalue weighted by Crippen LogP contribution is 2.34. The summed E-state index contributed by atoms with van der Waals surface area (Å²) in [6.45, 7) is 0. The molecule has 2 aromatic rings. The lowest BCUT2D eigenvalue weighted by Crippen LogP contribution is -2.22. The molecule has 0 fully saturated rings. The molecule has 3 rings (SSSR count). The third kappa shape index (κ3) is 2.78. The van der Waals surface area contributed by atoms with Crippen LogP contribution in [0.15, 0.2) is 29.1 Å². The van der Waals surface area contributed by atoms with Crippen molar-refractivity contribution in [3.63, 3.8) is 0 Å². The highest BCUT2D eigenvalue weighted by atomic mass is 35.5. The second-order valence-electron chi connectivity index (χ2n) is 5.09. The van der Waals surface area contributed by atoms with E-state index in [9.17, 15) is 13.6 Å². The number of fused-ring (bicyclic) bond motifs is 1. The molecule has 1 atom stereocenters. The molecular formula is C15H13ClF2N2O. The second-order valence-corrected chi connectivity index (χ2v) is 5.50. The number of aryl methyl sites for hydroxylation is 1. The van der Waals surface area contributed by atoms with Crippen molar-refractivity contribution in [1.29, 1.82) is 0 Å². The van der Waals surface area contributed by atoms with E-state index in [4.69, 9.17) is 11.6 Å². The molecule has 2 N–H and O–H groups in total. The maximum Gasteiger partial charge on any atom is 0.248 e. The Labute approximate surface area is 125 Å². The minimum Gasteiger partial charge on any atom is -0.375 e. The summed E-state index contributed by atoms with van der Waals surface area (Å²) < 4.78 is 26.9. The molecule has 21 heavy (non-hydrogen) atoms. The zero-order valence-corrected chi connectivity index (χ0v) is 11.8. The first-order valence-corrected chi connectivity index (χ1v) is 7.05. The van der Waals surface area contributed by atoms with E-state index in [1.54, 1.807) is 6.07 Å². The zero-order chi connectivity index (χ0) is 15.0. The van der Waals surface area contributed by atoms with Crippen molar-refractivity contribution in [2.75, 3.05) is 5.32 Å². The van der Waals surface area contributed by atoms with Crippen molar-refractivity contribution >= 4 is 17.3 Å². The number of H-pyrrole nitrogens is 1. The van der Waals surface area contributed by atoms with E-state index in [2.05, 4.69) is 10.3 Å². The van der Waals surface area contributed by atoms with E-state index in [0.717, 1.165) is 42.7 Å². The van der Waals surface area contributed by atoms with Gasteiger partial charge in [0, 0.05) is 17.8 Å². The van der Waals surface area contributed by atoms with E-state index >= 15 is 0 Å². The summed E-state index contributed by atoms with van der Waals surface area (Å²) in [4.78, 5) is 14.2. The molecule has 0 aliphatic heterocycles. The molecule has 0 saturated carbocycles. The van der Waals surface area contributed by atoms with Gasteiger partial charge in [-0.05, 0) is 37.0 Å². The summed E-state index contributed by atoms with van der Waals surface area (Å²) in [6, 6.07) is 4.89. The van der Waals surface area contributed by atoms with E-state index in [1.165, 1.54) is 6.07 Å². The van der Waals surface area contributed by atoms with Gasteiger partial charge in [0.25, 0.3) is 0 Å². The minimum atomic E-state index is -0.725. The van der Waals surface area contributed by atoms with Crippen LogP contribution in [0.1, 0.15) is 30.1 Å². The molecule has 0 bridgehead atoms. The van der Waals surface area contributed by atoms with Crippen LogP contribution in [0.4, 0.5) is 14.5 Å². The number of benzene rings is 1. The average molecular weight is 311 g/mol. The number of rotatable bonds is 2. The van der Waals surface area contributed by atoms with Gasteiger partial charge in [-0.3, -0.25) is 4.79 Å². The van der Waals surface area contributed by atoms with Gasteiger partial charge in [0.05, 0.1) is 16.8 Å². The predicted molar refractivity (Wildman–Crippen MR) is 77.7 cm³/mol. The summed E-state index contributed by atoms with van der Waals surface area (Å²) in [5, 5.41) is 3.03. The van der Waals surface area contributed by atoms with Crippen LogP contribution in [0.3, 0.4) is 0 Å². The molecule has 110 valence electrons. The van der Waals surface area contributed by atoms with Crippen LogP contribution in [0, 0.1) is 11.6 Å². The largest absolute Gasteiger partial charge is 0.375 e. The molecule has 1 aromatic carbocycles. The Morgan fingerprint density at radius 2 is 2.10 bits per heavy atom. The molecule has 1 aliphatic carbocycles. The van der Waals surface area contributed by atoms with Crippen molar-refractivity contribution in [2.24, 2.45) is 0 Å². The molecule has 0 radical (unpaired) electrons. The molecule has 3 nitrogen and oxygen atoms in total. The van der Waals surface area contributed by atoms with E-state index in [0.29, 0.717) is 0 Å². The topological polar surface area (TPSA) is 44.9 Å². The Morgan fingerprint density at radius 3 is 2.86 bits per heavy atom. The van der Waals surface area contributed by atoms with Crippen LogP contribution in [-0.4, -0.2) is 4.98 Å². The predicted octanol–water partition coefficient (Wildman–Crippen LogP) is 3.80. The number of halogens is 3. The van der Waals surface area contributed by atoms with Gasteiger partial charge in [-0.1, -0.05) is 11.6 Å². The van der Waals surface area contributed by atoms with Gasteiger partial charge in [-0.2, -0.15) is 0 Å². The van der Waals surface area contributed by atoms with Crippen molar-refractivity contribution in [1.82, 2.24) is 4.98 Å². The van der Waals surface area contributed by atoms with Crippen LogP contribution in [0.25, 0.3) is 0 Å². The standard InChI is InChI=1S/C15H13ClF2N2O/c16-10-6-8(17)7-11(18)15(10)20-13-3-1-2-12-9(13)4-5-14(21)19-12/h4-7,13,20H,1-3H2,(H,19,21). The number of hydrogen-bond acceptors (Lipinski definition) is 2. The first-order valence-electron chi connectivity index (χ1n) is 6.68. The Balaban J connectivity index is 1.96. The second kappa shape index (κ2) is 5.48. The maximum atomic E-state index is 13.9. The fourth-order valence-electron chi connectivity index (χ4n) is 2.70. The molecular weight excluding hydrogens is 298 g/mol.